The molecule has 0 spiro atoms. The lowest BCUT2D eigenvalue weighted by molar-refractivity contribution is 0.415. The summed E-state index contributed by atoms with van der Waals surface area (Å²) in [6, 6.07) is 9.58. The van der Waals surface area contributed by atoms with Gasteiger partial charge in [0.1, 0.15) is 23.2 Å². The molecule has 1 aromatic carbocycles. The predicted octanol–water partition coefficient (Wildman–Crippen LogP) is 2.10. The van der Waals surface area contributed by atoms with Crippen molar-refractivity contribution in [2.75, 3.05) is 24.5 Å². The third-order valence-electron chi connectivity index (χ3n) is 3.03. The molecule has 0 aliphatic carbocycles. The molecule has 2 rings (SSSR count). The fourth-order valence-corrected chi connectivity index (χ4v) is 1.83. The van der Waals surface area contributed by atoms with Crippen molar-refractivity contribution in [2.45, 2.75) is 13.3 Å². The first kappa shape index (κ1) is 14.1. The molecule has 0 atom stereocenters. The number of hydrogen-bond acceptors (Lipinski definition) is 6. The average molecular weight is 273 g/mol. The lowest BCUT2D eigenvalue weighted by Crippen LogP contribution is -2.16. The number of methoxy groups -OCH3 is 1. The molecule has 1 heterocycles. The van der Waals surface area contributed by atoms with Crippen LogP contribution in [0.3, 0.4) is 0 Å². The molecule has 6 heteroatoms. The quantitative estimate of drug-likeness (QED) is 0.642. The normalized spacial score (nSPS) is 10.2. The Morgan fingerprint density at radius 1 is 1.25 bits per heavy atom. The van der Waals surface area contributed by atoms with Gasteiger partial charge in [-0.2, -0.15) is 0 Å². The number of hydrazine groups is 1. The van der Waals surface area contributed by atoms with Gasteiger partial charge in [0.15, 0.2) is 0 Å². The summed E-state index contributed by atoms with van der Waals surface area (Å²) in [4.78, 5) is 10.8. The molecule has 3 N–H and O–H groups in total. The molecule has 0 saturated carbocycles. The van der Waals surface area contributed by atoms with E-state index in [1.165, 1.54) is 0 Å². The van der Waals surface area contributed by atoms with E-state index in [9.17, 15) is 0 Å². The molecule has 0 aliphatic heterocycles. The predicted molar refractivity (Wildman–Crippen MR) is 80.3 cm³/mol. The van der Waals surface area contributed by atoms with Gasteiger partial charge in [-0.05, 0) is 24.3 Å². The van der Waals surface area contributed by atoms with Gasteiger partial charge in [-0.25, -0.2) is 15.8 Å². The molecular formula is C14H19N5O. The van der Waals surface area contributed by atoms with E-state index in [2.05, 4.69) is 15.4 Å². The van der Waals surface area contributed by atoms with E-state index in [1.54, 1.807) is 7.11 Å². The number of nitrogens with zero attached hydrogens (tertiary/aromatic N) is 3. The Hall–Kier alpha value is -2.34. The highest BCUT2D eigenvalue weighted by atomic mass is 16.5. The van der Waals surface area contributed by atoms with Crippen molar-refractivity contribution < 1.29 is 4.74 Å². The van der Waals surface area contributed by atoms with Gasteiger partial charge in [0, 0.05) is 25.2 Å². The van der Waals surface area contributed by atoms with Crippen molar-refractivity contribution in [3.63, 3.8) is 0 Å². The van der Waals surface area contributed by atoms with Crippen LogP contribution >= 0.6 is 0 Å². The van der Waals surface area contributed by atoms with Crippen LogP contribution in [0.4, 0.5) is 17.3 Å². The number of benzene rings is 1. The number of aromatic nitrogens is 2. The van der Waals surface area contributed by atoms with Gasteiger partial charge < -0.3 is 15.1 Å². The van der Waals surface area contributed by atoms with Crippen LogP contribution in [0, 0.1) is 0 Å². The molecule has 2 aromatic rings. The summed E-state index contributed by atoms with van der Waals surface area (Å²) in [6.07, 6.45) is 0.749. The summed E-state index contributed by atoms with van der Waals surface area (Å²) < 4.78 is 5.16. The van der Waals surface area contributed by atoms with E-state index in [4.69, 9.17) is 10.6 Å². The first-order valence-electron chi connectivity index (χ1n) is 6.40. The van der Waals surface area contributed by atoms with Crippen LogP contribution in [0.25, 0.3) is 0 Å². The number of rotatable bonds is 5. The van der Waals surface area contributed by atoms with E-state index in [0.717, 1.165) is 29.5 Å². The summed E-state index contributed by atoms with van der Waals surface area (Å²) in [5, 5.41) is 0. The zero-order valence-corrected chi connectivity index (χ0v) is 11.9. The number of nitrogens with one attached hydrogen (secondary N) is 1. The minimum absolute atomic E-state index is 0.604. The zero-order chi connectivity index (χ0) is 14.5. The van der Waals surface area contributed by atoms with E-state index in [-0.39, 0.29) is 0 Å². The Balaban J connectivity index is 2.33. The Bertz CT molecular complexity index is 548. The largest absolute Gasteiger partial charge is 0.497 e. The Labute approximate surface area is 118 Å². The zero-order valence-electron chi connectivity index (χ0n) is 11.9. The van der Waals surface area contributed by atoms with Crippen LogP contribution < -0.4 is 20.9 Å². The van der Waals surface area contributed by atoms with Crippen LogP contribution in [-0.4, -0.2) is 24.1 Å². The number of ether oxygens (including phenoxy) is 1. The molecule has 0 aliphatic rings. The smallest absolute Gasteiger partial charge is 0.145 e. The summed E-state index contributed by atoms with van der Waals surface area (Å²) in [5.74, 6) is 8.40. The van der Waals surface area contributed by atoms with Crippen molar-refractivity contribution in [3.05, 3.63) is 36.2 Å². The number of nitrogen functional groups attached to an aromatic ring is 1. The van der Waals surface area contributed by atoms with Gasteiger partial charge in [0.05, 0.1) is 7.11 Å². The van der Waals surface area contributed by atoms with Crippen molar-refractivity contribution in [1.82, 2.24) is 9.97 Å². The highest BCUT2D eigenvalue weighted by Gasteiger charge is 2.09. The molecule has 106 valence electrons. The minimum atomic E-state index is 0.604. The SMILES string of the molecule is CCc1nc(NN)cc(N(C)c2ccc(OC)cc2)n1. The summed E-state index contributed by atoms with van der Waals surface area (Å²) >= 11 is 0. The molecule has 0 saturated heterocycles. The number of aryl methyl sites for hydroxylation is 1. The van der Waals surface area contributed by atoms with Crippen LogP contribution in [-0.2, 0) is 6.42 Å². The van der Waals surface area contributed by atoms with Gasteiger partial charge in [-0.3, -0.25) is 0 Å². The highest BCUT2D eigenvalue weighted by Crippen LogP contribution is 2.25. The van der Waals surface area contributed by atoms with Gasteiger partial charge in [0.2, 0.25) is 0 Å². The maximum absolute atomic E-state index is 5.44. The third kappa shape index (κ3) is 2.97. The van der Waals surface area contributed by atoms with Crippen LogP contribution in [0.1, 0.15) is 12.7 Å². The second kappa shape index (κ2) is 6.21. The maximum Gasteiger partial charge on any atom is 0.145 e. The number of nitrogens with two attached hydrogens (primary N) is 1. The van der Waals surface area contributed by atoms with E-state index in [1.807, 2.05) is 49.2 Å². The maximum atomic E-state index is 5.44. The molecule has 0 fully saturated rings. The van der Waals surface area contributed by atoms with Crippen molar-refractivity contribution in [2.24, 2.45) is 5.84 Å². The summed E-state index contributed by atoms with van der Waals surface area (Å²) in [6.45, 7) is 2.01. The van der Waals surface area contributed by atoms with Crippen LogP contribution in [0.15, 0.2) is 30.3 Å². The summed E-state index contributed by atoms with van der Waals surface area (Å²) in [5.41, 5.74) is 3.58. The lowest BCUT2D eigenvalue weighted by Gasteiger charge is -2.19. The van der Waals surface area contributed by atoms with E-state index in [0.29, 0.717) is 5.82 Å². The monoisotopic (exact) mass is 273 g/mol. The van der Waals surface area contributed by atoms with Gasteiger partial charge in [-0.1, -0.05) is 6.92 Å². The van der Waals surface area contributed by atoms with Gasteiger partial charge in [0.25, 0.3) is 0 Å². The van der Waals surface area contributed by atoms with Crippen LogP contribution in [0.5, 0.6) is 5.75 Å². The van der Waals surface area contributed by atoms with Crippen molar-refractivity contribution in [1.29, 1.82) is 0 Å². The first-order chi connectivity index (χ1) is 9.67. The minimum Gasteiger partial charge on any atom is -0.497 e. The van der Waals surface area contributed by atoms with Crippen molar-refractivity contribution >= 4 is 17.3 Å². The third-order valence-corrected chi connectivity index (χ3v) is 3.03. The highest BCUT2D eigenvalue weighted by molar-refractivity contribution is 5.62. The Kier molecular flexibility index (Phi) is 4.37. The van der Waals surface area contributed by atoms with E-state index < -0.39 is 0 Å². The number of anilines is 3. The molecule has 0 bridgehead atoms. The Morgan fingerprint density at radius 2 is 1.95 bits per heavy atom. The molecular weight excluding hydrogens is 254 g/mol. The molecule has 0 unspecified atom stereocenters. The van der Waals surface area contributed by atoms with Crippen molar-refractivity contribution in [3.8, 4) is 5.75 Å². The van der Waals surface area contributed by atoms with Gasteiger partial charge >= 0.3 is 0 Å². The van der Waals surface area contributed by atoms with E-state index >= 15 is 0 Å². The topological polar surface area (TPSA) is 76.3 Å². The Morgan fingerprint density at radius 3 is 2.50 bits per heavy atom. The average Bonchev–Trinajstić information content (AvgIpc) is 2.53. The fraction of sp³-hybridized carbons (Fsp3) is 0.286. The first-order valence-corrected chi connectivity index (χ1v) is 6.40. The molecule has 6 nitrogen and oxygen atoms in total. The second-order valence-corrected chi connectivity index (χ2v) is 4.28. The number of hydrogen-bond donors (Lipinski definition) is 2. The molecule has 0 amide bonds. The van der Waals surface area contributed by atoms with Gasteiger partial charge in [-0.15, -0.1) is 0 Å². The molecule has 0 radical (unpaired) electrons. The second-order valence-electron chi connectivity index (χ2n) is 4.28. The molecule has 20 heavy (non-hydrogen) atoms. The summed E-state index contributed by atoms with van der Waals surface area (Å²) in [7, 11) is 3.60. The fourth-order valence-electron chi connectivity index (χ4n) is 1.83. The standard InChI is InChI=1S/C14H19N5O/c1-4-12-16-13(18-15)9-14(17-12)19(2)10-5-7-11(20-3)8-6-10/h5-9H,4,15H2,1-3H3,(H,16,17,18). The van der Waals surface area contributed by atoms with Crippen LogP contribution in [0.2, 0.25) is 0 Å². The lowest BCUT2D eigenvalue weighted by atomic mass is 10.2. The molecule has 1 aromatic heterocycles.